The lowest BCUT2D eigenvalue weighted by molar-refractivity contribution is 0.0691. The number of aromatic carboxylic acids is 1. The summed E-state index contributed by atoms with van der Waals surface area (Å²) in [6.07, 6.45) is 3.23. The quantitative estimate of drug-likeness (QED) is 0.828. The summed E-state index contributed by atoms with van der Waals surface area (Å²) in [5, 5.41) is 8.67. The summed E-state index contributed by atoms with van der Waals surface area (Å²) >= 11 is 3.28. The molecule has 0 aliphatic rings. The SMILES string of the molecule is O=C(O)c1cn2ccc(Br)cc2n1. The van der Waals surface area contributed by atoms with Gasteiger partial charge in [0, 0.05) is 16.9 Å². The molecule has 0 radical (unpaired) electrons. The third kappa shape index (κ3) is 1.42. The van der Waals surface area contributed by atoms with E-state index < -0.39 is 5.97 Å². The smallest absolute Gasteiger partial charge is 0.356 e. The molecule has 0 aliphatic heterocycles. The average molecular weight is 241 g/mol. The molecule has 0 amide bonds. The van der Waals surface area contributed by atoms with E-state index >= 15 is 0 Å². The van der Waals surface area contributed by atoms with Gasteiger partial charge >= 0.3 is 5.97 Å². The molecule has 0 unspecified atom stereocenters. The van der Waals surface area contributed by atoms with Crippen molar-refractivity contribution in [3.05, 3.63) is 34.7 Å². The summed E-state index contributed by atoms with van der Waals surface area (Å²) in [5.74, 6) is -1.01. The highest BCUT2D eigenvalue weighted by atomic mass is 79.9. The highest BCUT2D eigenvalue weighted by Crippen LogP contribution is 2.12. The van der Waals surface area contributed by atoms with Crippen molar-refractivity contribution < 1.29 is 9.90 Å². The number of hydrogen-bond donors (Lipinski definition) is 1. The van der Waals surface area contributed by atoms with Crippen molar-refractivity contribution in [2.24, 2.45) is 0 Å². The van der Waals surface area contributed by atoms with Crippen LogP contribution < -0.4 is 0 Å². The number of carbonyl (C=O) groups is 1. The summed E-state index contributed by atoms with van der Waals surface area (Å²) < 4.78 is 2.54. The number of carboxylic acids is 1. The normalized spacial score (nSPS) is 10.5. The first-order chi connectivity index (χ1) is 6.16. The van der Waals surface area contributed by atoms with Crippen molar-refractivity contribution >= 4 is 27.5 Å². The van der Waals surface area contributed by atoms with Gasteiger partial charge in [-0.3, -0.25) is 0 Å². The molecule has 0 aromatic carbocycles. The van der Waals surface area contributed by atoms with Crippen LogP contribution in [0.25, 0.3) is 5.65 Å². The fourth-order valence-corrected chi connectivity index (χ4v) is 1.38. The summed E-state index contributed by atoms with van der Waals surface area (Å²) in [6.45, 7) is 0. The second-order valence-corrected chi connectivity index (χ2v) is 3.46. The fourth-order valence-electron chi connectivity index (χ4n) is 1.06. The molecule has 0 spiro atoms. The molecule has 4 nitrogen and oxygen atoms in total. The molecule has 2 heterocycles. The number of nitrogens with zero attached hydrogens (tertiary/aromatic N) is 2. The Labute approximate surface area is 82.0 Å². The van der Waals surface area contributed by atoms with Gasteiger partial charge in [0.05, 0.1) is 0 Å². The molecule has 0 atom stereocenters. The number of fused-ring (bicyclic) bond motifs is 1. The predicted molar refractivity (Wildman–Crippen MR) is 49.9 cm³/mol. The van der Waals surface area contributed by atoms with Crippen LogP contribution in [-0.2, 0) is 0 Å². The van der Waals surface area contributed by atoms with Gasteiger partial charge in [-0.25, -0.2) is 9.78 Å². The Bertz CT molecular complexity index is 478. The van der Waals surface area contributed by atoms with Crippen molar-refractivity contribution in [2.45, 2.75) is 0 Å². The Morgan fingerprint density at radius 1 is 1.62 bits per heavy atom. The molecular formula is C8H5BrN2O2. The van der Waals surface area contributed by atoms with Gasteiger partial charge in [0.1, 0.15) is 5.65 Å². The second-order valence-electron chi connectivity index (χ2n) is 2.54. The zero-order chi connectivity index (χ0) is 9.42. The first-order valence-electron chi connectivity index (χ1n) is 3.54. The second kappa shape index (κ2) is 2.85. The zero-order valence-corrected chi connectivity index (χ0v) is 8.02. The monoisotopic (exact) mass is 240 g/mol. The molecule has 0 aliphatic carbocycles. The molecule has 5 heteroatoms. The van der Waals surface area contributed by atoms with Crippen LogP contribution in [0.15, 0.2) is 29.0 Å². The van der Waals surface area contributed by atoms with E-state index in [1.807, 2.05) is 6.07 Å². The van der Waals surface area contributed by atoms with Crippen LogP contribution in [0, 0.1) is 0 Å². The zero-order valence-electron chi connectivity index (χ0n) is 6.44. The lowest BCUT2D eigenvalue weighted by atomic mass is 10.5. The third-order valence-electron chi connectivity index (χ3n) is 1.64. The molecule has 2 rings (SSSR count). The lowest BCUT2D eigenvalue weighted by Crippen LogP contribution is -1.94. The molecule has 0 fully saturated rings. The van der Waals surface area contributed by atoms with E-state index in [0.717, 1.165) is 4.47 Å². The van der Waals surface area contributed by atoms with Gasteiger partial charge in [0.15, 0.2) is 5.69 Å². The van der Waals surface area contributed by atoms with E-state index in [4.69, 9.17) is 5.11 Å². The Kier molecular flexibility index (Phi) is 1.81. The number of hydrogen-bond acceptors (Lipinski definition) is 2. The molecule has 2 aromatic heterocycles. The lowest BCUT2D eigenvalue weighted by Gasteiger charge is -1.91. The van der Waals surface area contributed by atoms with Crippen LogP contribution >= 0.6 is 15.9 Å². The van der Waals surface area contributed by atoms with Crippen molar-refractivity contribution in [3.8, 4) is 0 Å². The highest BCUT2D eigenvalue weighted by molar-refractivity contribution is 9.10. The van der Waals surface area contributed by atoms with Gasteiger partial charge in [0.2, 0.25) is 0 Å². The number of halogens is 1. The molecule has 0 saturated heterocycles. The summed E-state index contributed by atoms with van der Waals surface area (Å²) in [5.41, 5.74) is 0.671. The molecule has 0 bridgehead atoms. The molecule has 2 aromatic rings. The maximum atomic E-state index is 10.6. The number of carboxylic acid groups (broad SMARTS) is 1. The van der Waals surface area contributed by atoms with Gasteiger partial charge < -0.3 is 9.51 Å². The van der Waals surface area contributed by atoms with Gasteiger partial charge in [-0.1, -0.05) is 15.9 Å². The molecule has 0 saturated carbocycles. The van der Waals surface area contributed by atoms with Crippen molar-refractivity contribution in [3.63, 3.8) is 0 Å². The van der Waals surface area contributed by atoms with Crippen molar-refractivity contribution in [1.29, 1.82) is 0 Å². The van der Waals surface area contributed by atoms with Crippen LogP contribution in [0.2, 0.25) is 0 Å². The first-order valence-corrected chi connectivity index (χ1v) is 4.33. The van der Waals surface area contributed by atoms with Crippen LogP contribution in [0.1, 0.15) is 10.5 Å². The van der Waals surface area contributed by atoms with Crippen molar-refractivity contribution in [1.82, 2.24) is 9.38 Å². The standard InChI is InChI=1S/C8H5BrN2O2/c9-5-1-2-11-4-6(8(12)13)10-7(11)3-5/h1-4H,(H,12,13). The van der Waals surface area contributed by atoms with E-state index in [9.17, 15) is 4.79 Å². The van der Waals surface area contributed by atoms with E-state index in [1.54, 1.807) is 16.7 Å². The Morgan fingerprint density at radius 2 is 2.38 bits per heavy atom. The predicted octanol–water partition coefficient (Wildman–Crippen LogP) is 1.79. The van der Waals surface area contributed by atoms with E-state index in [2.05, 4.69) is 20.9 Å². The molecular weight excluding hydrogens is 236 g/mol. The van der Waals surface area contributed by atoms with Gasteiger partial charge in [-0.15, -0.1) is 0 Å². The van der Waals surface area contributed by atoms with Gasteiger partial charge in [-0.05, 0) is 12.1 Å². The Hall–Kier alpha value is -1.36. The minimum absolute atomic E-state index is 0.0538. The number of pyridine rings is 1. The largest absolute Gasteiger partial charge is 0.476 e. The maximum Gasteiger partial charge on any atom is 0.356 e. The Morgan fingerprint density at radius 3 is 3.08 bits per heavy atom. The summed E-state index contributed by atoms with van der Waals surface area (Å²) in [7, 11) is 0. The summed E-state index contributed by atoms with van der Waals surface area (Å²) in [6, 6.07) is 3.58. The van der Waals surface area contributed by atoms with E-state index in [-0.39, 0.29) is 5.69 Å². The van der Waals surface area contributed by atoms with Crippen LogP contribution in [0.5, 0.6) is 0 Å². The molecule has 13 heavy (non-hydrogen) atoms. The third-order valence-corrected chi connectivity index (χ3v) is 2.13. The maximum absolute atomic E-state index is 10.6. The van der Waals surface area contributed by atoms with Crippen LogP contribution in [0.3, 0.4) is 0 Å². The topological polar surface area (TPSA) is 54.6 Å². The van der Waals surface area contributed by atoms with Crippen LogP contribution in [0.4, 0.5) is 0 Å². The van der Waals surface area contributed by atoms with Crippen LogP contribution in [-0.4, -0.2) is 20.5 Å². The van der Waals surface area contributed by atoms with E-state index in [0.29, 0.717) is 5.65 Å². The van der Waals surface area contributed by atoms with Gasteiger partial charge in [0.25, 0.3) is 0 Å². The molecule has 66 valence electrons. The average Bonchev–Trinajstić information content (AvgIpc) is 2.46. The first kappa shape index (κ1) is 8.25. The highest BCUT2D eigenvalue weighted by Gasteiger charge is 2.07. The minimum Gasteiger partial charge on any atom is -0.476 e. The minimum atomic E-state index is -1.01. The molecule has 1 N–H and O–H groups in total. The van der Waals surface area contributed by atoms with Gasteiger partial charge in [-0.2, -0.15) is 0 Å². The fraction of sp³-hybridized carbons (Fsp3) is 0. The number of aromatic nitrogens is 2. The Balaban J connectivity index is 2.68. The number of rotatable bonds is 1. The van der Waals surface area contributed by atoms with E-state index in [1.165, 1.54) is 6.20 Å². The van der Waals surface area contributed by atoms with Crippen molar-refractivity contribution in [2.75, 3.05) is 0 Å². The summed E-state index contributed by atoms with van der Waals surface area (Å²) in [4.78, 5) is 14.5. The number of imidazole rings is 1.